The average Bonchev–Trinajstić information content (AvgIpc) is 3.09. The molecule has 1 aliphatic rings. The maximum absolute atomic E-state index is 12.7. The Morgan fingerprint density at radius 2 is 2.00 bits per heavy atom. The highest BCUT2D eigenvalue weighted by Crippen LogP contribution is 2.17. The second-order valence-electron chi connectivity index (χ2n) is 6.31. The third kappa shape index (κ3) is 3.74. The number of amides is 2. The Balaban J connectivity index is 1.59. The summed E-state index contributed by atoms with van der Waals surface area (Å²) >= 11 is 0. The van der Waals surface area contributed by atoms with Gasteiger partial charge in [-0.25, -0.2) is 0 Å². The van der Waals surface area contributed by atoms with Crippen LogP contribution in [0.4, 0.5) is 0 Å². The molecule has 1 aromatic carbocycles. The van der Waals surface area contributed by atoms with Gasteiger partial charge in [-0.2, -0.15) is 0 Å². The topological polar surface area (TPSA) is 68.4 Å². The van der Waals surface area contributed by atoms with Crippen molar-refractivity contribution in [2.24, 2.45) is 0 Å². The zero-order chi connectivity index (χ0) is 17.8. The van der Waals surface area contributed by atoms with E-state index in [1.165, 1.54) is 0 Å². The minimum absolute atomic E-state index is 0.00436. The first-order valence-electron chi connectivity index (χ1n) is 8.60. The van der Waals surface area contributed by atoms with Crippen LogP contribution in [0.25, 0.3) is 10.9 Å². The number of aromatic amines is 1. The molecule has 2 heterocycles. The number of carbonyl (C=O) groups is 2. The molecule has 0 saturated carbocycles. The summed E-state index contributed by atoms with van der Waals surface area (Å²) in [7, 11) is 0. The number of benzene rings is 1. The zero-order valence-corrected chi connectivity index (χ0v) is 14.5. The van der Waals surface area contributed by atoms with Crippen molar-refractivity contribution < 1.29 is 9.59 Å². The smallest absolute Gasteiger partial charge is 0.270 e. The zero-order valence-electron chi connectivity index (χ0n) is 14.5. The van der Waals surface area contributed by atoms with Crippen LogP contribution in [0.5, 0.6) is 0 Å². The molecule has 2 N–H and O–H groups in total. The molecule has 6 nitrogen and oxygen atoms in total. The lowest BCUT2D eigenvalue weighted by Gasteiger charge is -2.37. The molecular formula is C19H24N4O2. The average molecular weight is 340 g/mol. The van der Waals surface area contributed by atoms with Crippen molar-refractivity contribution in [2.75, 3.05) is 32.7 Å². The molecule has 1 atom stereocenters. The molecular weight excluding hydrogens is 316 g/mol. The van der Waals surface area contributed by atoms with E-state index in [-0.39, 0.29) is 17.9 Å². The highest BCUT2D eigenvalue weighted by molar-refractivity contribution is 5.98. The number of aromatic nitrogens is 1. The predicted octanol–water partition coefficient (Wildman–Crippen LogP) is 1.62. The number of hydrogen-bond donors (Lipinski definition) is 2. The van der Waals surface area contributed by atoms with Crippen molar-refractivity contribution in [3.8, 4) is 0 Å². The van der Waals surface area contributed by atoms with Crippen LogP contribution in [0, 0.1) is 0 Å². The van der Waals surface area contributed by atoms with E-state index in [9.17, 15) is 9.59 Å². The number of carbonyl (C=O) groups excluding carboxylic acids is 2. The Kier molecular flexibility index (Phi) is 5.19. The summed E-state index contributed by atoms with van der Waals surface area (Å²) in [5, 5.41) is 3.86. The second kappa shape index (κ2) is 7.53. The molecule has 2 aromatic rings. The lowest BCUT2D eigenvalue weighted by molar-refractivity contribution is -0.126. The normalized spacial score (nSPS) is 16.6. The lowest BCUT2D eigenvalue weighted by atomic mass is 10.2. The first kappa shape index (κ1) is 17.2. The molecule has 0 unspecified atom stereocenters. The Labute approximate surface area is 147 Å². The predicted molar refractivity (Wildman–Crippen MR) is 98.4 cm³/mol. The molecule has 0 aliphatic carbocycles. The van der Waals surface area contributed by atoms with Crippen molar-refractivity contribution in [1.82, 2.24) is 20.1 Å². The highest BCUT2D eigenvalue weighted by atomic mass is 16.2. The summed E-state index contributed by atoms with van der Waals surface area (Å²) < 4.78 is 0. The van der Waals surface area contributed by atoms with Crippen molar-refractivity contribution in [1.29, 1.82) is 0 Å². The SMILES string of the molecule is C=CCNC(=O)[C@H](C)N1CCN(C(=O)c2cc3ccccc3[nH]2)CC1. The molecule has 1 saturated heterocycles. The summed E-state index contributed by atoms with van der Waals surface area (Å²) in [5.74, 6) is 0.00917. The van der Waals surface area contributed by atoms with E-state index in [0.29, 0.717) is 38.4 Å². The molecule has 3 rings (SSSR count). The number of rotatable bonds is 5. The van der Waals surface area contributed by atoms with E-state index in [1.54, 1.807) is 6.08 Å². The van der Waals surface area contributed by atoms with Gasteiger partial charge in [0.05, 0.1) is 6.04 Å². The van der Waals surface area contributed by atoms with Crippen LogP contribution in [-0.2, 0) is 4.79 Å². The Morgan fingerprint density at radius 1 is 1.28 bits per heavy atom. The molecule has 1 aliphatic heterocycles. The summed E-state index contributed by atoms with van der Waals surface area (Å²) in [6.07, 6.45) is 1.67. The first-order valence-corrected chi connectivity index (χ1v) is 8.60. The van der Waals surface area contributed by atoms with E-state index < -0.39 is 0 Å². The standard InChI is InChI=1S/C19H24N4O2/c1-3-8-20-18(24)14(2)22-9-11-23(12-10-22)19(25)17-13-15-6-4-5-7-16(15)21-17/h3-7,13-14,21H,1,8-12H2,2H3,(H,20,24)/t14-/m0/s1. The third-order valence-corrected chi connectivity index (χ3v) is 4.71. The largest absolute Gasteiger partial charge is 0.351 e. The number of H-pyrrole nitrogens is 1. The van der Waals surface area contributed by atoms with Gasteiger partial charge >= 0.3 is 0 Å². The summed E-state index contributed by atoms with van der Waals surface area (Å²) in [5.41, 5.74) is 1.59. The number of para-hydroxylation sites is 1. The summed E-state index contributed by atoms with van der Waals surface area (Å²) in [6.45, 7) is 8.59. The van der Waals surface area contributed by atoms with Gasteiger partial charge in [0, 0.05) is 43.6 Å². The Morgan fingerprint density at radius 3 is 2.68 bits per heavy atom. The molecule has 1 aromatic heterocycles. The lowest BCUT2D eigenvalue weighted by Crippen LogP contribution is -2.55. The van der Waals surface area contributed by atoms with Crippen molar-refractivity contribution >= 4 is 22.7 Å². The van der Waals surface area contributed by atoms with Crippen LogP contribution in [0.1, 0.15) is 17.4 Å². The molecule has 1 fully saturated rings. The number of nitrogens with one attached hydrogen (secondary N) is 2. The van der Waals surface area contributed by atoms with Crippen LogP contribution in [0.15, 0.2) is 43.0 Å². The number of hydrogen-bond acceptors (Lipinski definition) is 3. The van der Waals surface area contributed by atoms with Crippen LogP contribution in [-0.4, -0.2) is 65.4 Å². The van der Waals surface area contributed by atoms with Gasteiger partial charge in [-0.3, -0.25) is 14.5 Å². The van der Waals surface area contributed by atoms with E-state index in [0.717, 1.165) is 10.9 Å². The molecule has 6 heteroatoms. The second-order valence-corrected chi connectivity index (χ2v) is 6.31. The molecule has 25 heavy (non-hydrogen) atoms. The maximum Gasteiger partial charge on any atom is 0.270 e. The van der Waals surface area contributed by atoms with Gasteiger partial charge in [0.25, 0.3) is 5.91 Å². The van der Waals surface area contributed by atoms with Crippen molar-refractivity contribution in [3.05, 3.63) is 48.7 Å². The summed E-state index contributed by atoms with van der Waals surface area (Å²) in [6, 6.07) is 9.56. The minimum Gasteiger partial charge on any atom is -0.351 e. The van der Waals surface area contributed by atoms with E-state index in [1.807, 2.05) is 42.2 Å². The van der Waals surface area contributed by atoms with Crippen LogP contribution in [0.2, 0.25) is 0 Å². The fourth-order valence-electron chi connectivity index (χ4n) is 3.16. The van der Waals surface area contributed by atoms with Crippen LogP contribution < -0.4 is 5.32 Å². The fraction of sp³-hybridized carbons (Fsp3) is 0.368. The quantitative estimate of drug-likeness (QED) is 0.813. The molecule has 0 spiro atoms. The summed E-state index contributed by atoms with van der Waals surface area (Å²) in [4.78, 5) is 31.9. The van der Waals surface area contributed by atoms with Gasteiger partial charge in [0.2, 0.25) is 5.91 Å². The van der Waals surface area contributed by atoms with E-state index >= 15 is 0 Å². The fourth-order valence-corrected chi connectivity index (χ4v) is 3.16. The maximum atomic E-state index is 12.7. The highest BCUT2D eigenvalue weighted by Gasteiger charge is 2.28. The van der Waals surface area contributed by atoms with Gasteiger partial charge in [-0.1, -0.05) is 24.3 Å². The first-order chi connectivity index (χ1) is 12.1. The van der Waals surface area contributed by atoms with Crippen LogP contribution >= 0.6 is 0 Å². The van der Waals surface area contributed by atoms with Gasteiger partial charge in [-0.05, 0) is 19.1 Å². The van der Waals surface area contributed by atoms with Gasteiger partial charge in [0.1, 0.15) is 5.69 Å². The van der Waals surface area contributed by atoms with Gasteiger partial charge in [-0.15, -0.1) is 6.58 Å². The number of piperazine rings is 1. The van der Waals surface area contributed by atoms with E-state index in [2.05, 4.69) is 21.8 Å². The van der Waals surface area contributed by atoms with Crippen LogP contribution in [0.3, 0.4) is 0 Å². The number of fused-ring (bicyclic) bond motifs is 1. The molecule has 0 bridgehead atoms. The van der Waals surface area contributed by atoms with Crippen molar-refractivity contribution in [3.63, 3.8) is 0 Å². The molecule has 132 valence electrons. The van der Waals surface area contributed by atoms with E-state index in [4.69, 9.17) is 0 Å². The van der Waals surface area contributed by atoms with Crippen molar-refractivity contribution in [2.45, 2.75) is 13.0 Å². The monoisotopic (exact) mass is 340 g/mol. The van der Waals surface area contributed by atoms with Gasteiger partial charge in [0.15, 0.2) is 0 Å². The molecule has 2 amide bonds. The minimum atomic E-state index is -0.203. The Bertz CT molecular complexity index is 742. The number of nitrogens with zero attached hydrogens (tertiary/aromatic N) is 2. The van der Waals surface area contributed by atoms with Gasteiger partial charge < -0.3 is 15.2 Å². The third-order valence-electron chi connectivity index (χ3n) is 4.71. The Hall–Kier alpha value is -2.60. The molecule has 0 radical (unpaired) electrons.